The van der Waals surface area contributed by atoms with Gasteiger partial charge in [0, 0.05) is 24.1 Å². The molecule has 0 heterocycles. The van der Waals surface area contributed by atoms with E-state index in [0.717, 1.165) is 16.6 Å². The standard InChI is InChI=1S/C12H16INO2/c1-14(2)12(15)11-5-3-10(4-6-11)9-16-8-7-13/h3-6H,7-9H2,1-2H3. The summed E-state index contributed by atoms with van der Waals surface area (Å²) < 4.78 is 6.41. The fraction of sp³-hybridized carbons (Fsp3) is 0.417. The Morgan fingerprint density at radius 3 is 2.44 bits per heavy atom. The topological polar surface area (TPSA) is 29.5 Å². The molecule has 0 fully saturated rings. The van der Waals surface area contributed by atoms with E-state index >= 15 is 0 Å². The lowest BCUT2D eigenvalue weighted by atomic mass is 10.1. The maximum absolute atomic E-state index is 11.6. The van der Waals surface area contributed by atoms with Crippen molar-refractivity contribution < 1.29 is 9.53 Å². The zero-order chi connectivity index (χ0) is 12.0. The average molecular weight is 333 g/mol. The number of carbonyl (C=O) groups is 1. The maximum Gasteiger partial charge on any atom is 0.253 e. The highest BCUT2D eigenvalue weighted by Gasteiger charge is 2.06. The van der Waals surface area contributed by atoms with Crippen molar-refractivity contribution in [3.63, 3.8) is 0 Å². The van der Waals surface area contributed by atoms with Crippen molar-refractivity contribution in [2.45, 2.75) is 6.61 Å². The van der Waals surface area contributed by atoms with Gasteiger partial charge in [0.25, 0.3) is 5.91 Å². The monoisotopic (exact) mass is 333 g/mol. The van der Waals surface area contributed by atoms with Crippen molar-refractivity contribution in [3.05, 3.63) is 35.4 Å². The van der Waals surface area contributed by atoms with Gasteiger partial charge in [-0.3, -0.25) is 4.79 Å². The summed E-state index contributed by atoms with van der Waals surface area (Å²) in [6.07, 6.45) is 0. The molecule has 0 aliphatic rings. The van der Waals surface area contributed by atoms with Gasteiger partial charge in [-0.05, 0) is 17.7 Å². The van der Waals surface area contributed by atoms with Gasteiger partial charge in [-0.1, -0.05) is 34.7 Å². The Kier molecular flexibility index (Phi) is 5.76. The molecule has 4 heteroatoms. The third-order valence-corrected chi connectivity index (χ3v) is 2.54. The molecular weight excluding hydrogens is 317 g/mol. The summed E-state index contributed by atoms with van der Waals surface area (Å²) in [5, 5.41) is 0. The minimum absolute atomic E-state index is 0.0275. The first-order chi connectivity index (χ1) is 7.65. The first-order valence-corrected chi connectivity index (χ1v) is 6.62. The Morgan fingerprint density at radius 2 is 1.94 bits per heavy atom. The van der Waals surface area contributed by atoms with Crippen molar-refractivity contribution >= 4 is 28.5 Å². The van der Waals surface area contributed by atoms with Crippen LogP contribution in [0.5, 0.6) is 0 Å². The normalized spacial score (nSPS) is 10.2. The van der Waals surface area contributed by atoms with Crippen molar-refractivity contribution in [1.29, 1.82) is 0 Å². The van der Waals surface area contributed by atoms with Crippen molar-refractivity contribution in [2.24, 2.45) is 0 Å². The molecule has 16 heavy (non-hydrogen) atoms. The molecule has 1 aromatic carbocycles. The quantitative estimate of drug-likeness (QED) is 0.470. The lowest BCUT2D eigenvalue weighted by Crippen LogP contribution is -2.21. The molecule has 0 bridgehead atoms. The molecule has 0 saturated carbocycles. The number of ether oxygens (including phenoxy) is 1. The number of hydrogen-bond acceptors (Lipinski definition) is 2. The predicted molar refractivity (Wildman–Crippen MR) is 73.0 cm³/mol. The van der Waals surface area contributed by atoms with E-state index in [1.54, 1.807) is 19.0 Å². The first-order valence-electron chi connectivity index (χ1n) is 5.09. The zero-order valence-corrected chi connectivity index (χ0v) is 11.7. The molecule has 1 aromatic rings. The summed E-state index contributed by atoms with van der Waals surface area (Å²) in [7, 11) is 3.50. The molecule has 0 aliphatic carbocycles. The predicted octanol–water partition coefficient (Wildman–Crippen LogP) is 2.34. The van der Waals surface area contributed by atoms with Crippen LogP contribution in [0.4, 0.5) is 0 Å². The van der Waals surface area contributed by atoms with Gasteiger partial charge in [-0.2, -0.15) is 0 Å². The summed E-state index contributed by atoms with van der Waals surface area (Å²) in [5.74, 6) is 0.0275. The summed E-state index contributed by atoms with van der Waals surface area (Å²) >= 11 is 2.28. The highest BCUT2D eigenvalue weighted by Crippen LogP contribution is 2.07. The summed E-state index contributed by atoms with van der Waals surface area (Å²) in [4.78, 5) is 13.2. The van der Waals surface area contributed by atoms with Crippen LogP contribution < -0.4 is 0 Å². The second-order valence-corrected chi connectivity index (χ2v) is 4.72. The first kappa shape index (κ1) is 13.4. The van der Waals surface area contributed by atoms with Gasteiger partial charge in [0.15, 0.2) is 0 Å². The molecule has 0 saturated heterocycles. The summed E-state index contributed by atoms with van der Waals surface area (Å²) in [6.45, 7) is 1.37. The number of benzene rings is 1. The number of rotatable bonds is 5. The van der Waals surface area contributed by atoms with E-state index in [2.05, 4.69) is 22.6 Å². The molecule has 0 aromatic heterocycles. The molecule has 0 unspecified atom stereocenters. The zero-order valence-electron chi connectivity index (χ0n) is 9.57. The van der Waals surface area contributed by atoms with Crippen LogP contribution in [0.2, 0.25) is 0 Å². The van der Waals surface area contributed by atoms with E-state index < -0.39 is 0 Å². The number of halogens is 1. The second-order valence-electron chi connectivity index (χ2n) is 3.64. The van der Waals surface area contributed by atoms with Crippen LogP contribution in [0.1, 0.15) is 15.9 Å². The SMILES string of the molecule is CN(C)C(=O)c1ccc(COCCI)cc1. The molecule has 1 rings (SSSR count). The van der Waals surface area contributed by atoms with Crippen LogP contribution in [-0.4, -0.2) is 35.9 Å². The van der Waals surface area contributed by atoms with Gasteiger partial charge >= 0.3 is 0 Å². The highest BCUT2D eigenvalue weighted by molar-refractivity contribution is 14.1. The average Bonchev–Trinajstić information content (AvgIpc) is 2.29. The fourth-order valence-electron chi connectivity index (χ4n) is 1.25. The lowest BCUT2D eigenvalue weighted by molar-refractivity contribution is 0.0827. The molecule has 0 atom stereocenters. The molecule has 0 spiro atoms. The number of hydrogen-bond donors (Lipinski definition) is 0. The van der Waals surface area contributed by atoms with Crippen molar-refractivity contribution in [2.75, 3.05) is 25.1 Å². The maximum atomic E-state index is 11.6. The minimum atomic E-state index is 0.0275. The van der Waals surface area contributed by atoms with Crippen LogP contribution in [0.3, 0.4) is 0 Å². The Hall–Kier alpha value is -0.620. The molecule has 3 nitrogen and oxygen atoms in total. The highest BCUT2D eigenvalue weighted by atomic mass is 127. The van der Waals surface area contributed by atoms with Gasteiger partial charge in [0.1, 0.15) is 0 Å². The Bertz CT molecular complexity index is 335. The number of carbonyl (C=O) groups excluding carboxylic acids is 1. The van der Waals surface area contributed by atoms with Gasteiger partial charge < -0.3 is 9.64 Å². The third-order valence-electron chi connectivity index (χ3n) is 2.10. The molecule has 0 N–H and O–H groups in total. The van der Waals surface area contributed by atoms with Crippen molar-refractivity contribution in [1.82, 2.24) is 4.90 Å². The van der Waals surface area contributed by atoms with Crippen molar-refractivity contribution in [3.8, 4) is 0 Å². The van der Waals surface area contributed by atoms with E-state index in [9.17, 15) is 4.79 Å². The Morgan fingerprint density at radius 1 is 1.31 bits per heavy atom. The van der Waals surface area contributed by atoms with Gasteiger partial charge in [-0.25, -0.2) is 0 Å². The van der Waals surface area contributed by atoms with E-state index in [0.29, 0.717) is 12.2 Å². The molecule has 0 aliphatic heterocycles. The second kappa shape index (κ2) is 6.85. The van der Waals surface area contributed by atoms with E-state index in [1.807, 2.05) is 24.3 Å². The molecule has 1 amide bonds. The van der Waals surface area contributed by atoms with E-state index in [-0.39, 0.29) is 5.91 Å². The summed E-state index contributed by atoms with van der Waals surface area (Å²) in [6, 6.07) is 7.55. The minimum Gasteiger partial charge on any atom is -0.376 e. The largest absolute Gasteiger partial charge is 0.376 e. The smallest absolute Gasteiger partial charge is 0.253 e. The van der Waals surface area contributed by atoms with Crippen LogP contribution in [0.25, 0.3) is 0 Å². The Balaban J connectivity index is 2.57. The Labute approximate surface area is 110 Å². The van der Waals surface area contributed by atoms with Gasteiger partial charge in [-0.15, -0.1) is 0 Å². The van der Waals surface area contributed by atoms with Gasteiger partial charge in [0.2, 0.25) is 0 Å². The van der Waals surface area contributed by atoms with E-state index in [4.69, 9.17) is 4.74 Å². The van der Waals surface area contributed by atoms with Crippen LogP contribution in [-0.2, 0) is 11.3 Å². The van der Waals surface area contributed by atoms with E-state index in [1.165, 1.54) is 0 Å². The van der Waals surface area contributed by atoms with Crippen LogP contribution >= 0.6 is 22.6 Å². The lowest BCUT2D eigenvalue weighted by Gasteiger charge is -2.10. The third kappa shape index (κ3) is 4.09. The molecule has 88 valence electrons. The van der Waals surface area contributed by atoms with Crippen LogP contribution in [0.15, 0.2) is 24.3 Å². The molecule has 0 radical (unpaired) electrons. The fourth-order valence-corrected chi connectivity index (χ4v) is 1.56. The number of amides is 1. The number of nitrogens with zero attached hydrogens (tertiary/aromatic N) is 1. The number of alkyl halides is 1. The molecular formula is C12H16INO2. The summed E-state index contributed by atoms with van der Waals surface area (Å²) in [5.41, 5.74) is 1.81. The van der Waals surface area contributed by atoms with Gasteiger partial charge in [0.05, 0.1) is 13.2 Å². The van der Waals surface area contributed by atoms with Crippen LogP contribution in [0, 0.1) is 0 Å².